The molecule has 2 atom stereocenters. The van der Waals surface area contributed by atoms with Crippen LogP contribution in [-0.4, -0.2) is 16.7 Å². The minimum Gasteiger partial charge on any atom is -0.278 e. The summed E-state index contributed by atoms with van der Waals surface area (Å²) >= 11 is 0. The largest absolute Gasteiger partial charge is 0.278 e. The number of allylic oxidation sites excluding steroid dienone is 2. The second kappa shape index (κ2) is 5.47. The highest BCUT2D eigenvalue weighted by molar-refractivity contribution is 6.05. The van der Waals surface area contributed by atoms with E-state index < -0.39 is 0 Å². The van der Waals surface area contributed by atoms with E-state index in [0.717, 1.165) is 5.56 Å². The van der Waals surface area contributed by atoms with Crippen molar-refractivity contribution in [2.24, 2.45) is 11.8 Å². The van der Waals surface area contributed by atoms with Crippen LogP contribution in [-0.2, 0) is 16.1 Å². The number of hydrogen-bond donors (Lipinski definition) is 0. The second-order valence-corrected chi connectivity index (χ2v) is 6.31. The van der Waals surface area contributed by atoms with Gasteiger partial charge in [0, 0.05) is 0 Å². The molecule has 0 saturated carbocycles. The van der Waals surface area contributed by atoms with Crippen molar-refractivity contribution in [3.8, 4) is 0 Å². The first-order chi connectivity index (χ1) is 10.1. The van der Waals surface area contributed by atoms with Gasteiger partial charge in [0.1, 0.15) is 0 Å². The lowest BCUT2D eigenvalue weighted by Gasteiger charge is -2.15. The Kier molecular flexibility index (Phi) is 3.66. The first-order valence-corrected chi connectivity index (χ1v) is 7.67. The Bertz CT molecular complexity index is 560. The van der Waals surface area contributed by atoms with Gasteiger partial charge in [-0.05, 0) is 29.9 Å². The zero-order valence-electron chi connectivity index (χ0n) is 12.6. The van der Waals surface area contributed by atoms with Crippen LogP contribution in [0.15, 0.2) is 36.4 Å². The van der Waals surface area contributed by atoms with Crippen LogP contribution in [0.4, 0.5) is 0 Å². The van der Waals surface area contributed by atoms with Crippen molar-refractivity contribution in [3.63, 3.8) is 0 Å². The van der Waals surface area contributed by atoms with Gasteiger partial charge in [-0.15, -0.1) is 0 Å². The number of nitrogens with zero attached hydrogens (tertiary/aromatic N) is 1. The normalized spacial score (nSPS) is 24.8. The molecular weight excluding hydrogens is 262 g/mol. The zero-order valence-corrected chi connectivity index (χ0v) is 12.6. The number of carbonyl (C=O) groups is 2. The van der Waals surface area contributed by atoms with Gasteiger partial charge in [-0.25, -0.2) is 0 Å². The highest BCUT2D eigenvalue weighted by Gasteiger charge is 2.46. The summed E-state index contributed by atoms with van der Waals surface area (Å²) in [5.74, 6) is 0.238. The average molecular weight is 283 g/mol. The van der Waals surface area contributed by atoms with Crippen LogP contribution >= 0.6 is 0 Å². The maximum Gasteiger partial charge on any atom is 0.233 e. The fourth-order valence-corrected chi connectivity index (χ4v) is 3.22. The summed E-state index contributed by atoms with van der Waals surface area (Å²) in [7, 11) is 0. The molecule has 1 saturated heterocycles. The third kappa shape index (κ3) is 2.53. The third-order valence-corrected chi connectivity index (χ3v) is 4.59. The minimum absolute atomic E-state index is 0.00212. The fourth-order valence-electron chi connectivity index (χ4n) is 3.22. The third-order valence-electron chi connectivity index (χ3n) is 4.59. The van der Waals surface area contributed by atoms with E-state index in [1.54, 1.807) is 0 Å². The Hall–Kier alpha value is -1.90. The van der Waals surface area contributed by atoms with Crippen molar-refractivity contribution < 1.29 is 9.59 Å². The van der Waals surface area contributed by atoms with Gasteiger partial charge >= 0.3 is 0 Å². The molecule has 0 spiro atoms. The smallest absolute Gasteiger partial charge is 0.233 e. The van der Waals surface area contributed by atoms with Crippen LogP contribution in [0.25, 0.3) is 0 Å². The van der Waals surface area contributed by atoms with Crippen LogP contribution < -0.4 is 0 Å². The molecule has 110 valence electrons. The molecule has 3 rings (SSSR count). The number of carbonyl (C=O) groups excluding carboxylic acids is 2. The number of amides is 2. The molecule has 1 aromatic carbocycles. The topological polar surface area (TPSA) is 37.4 Å². The van der Waals surface area contributed by atoms with Gasteiger partial charge in [0.25, 0.3) is 0 Å². The van der Waals surface area contributed by atoms with Crippen molar-refractivity contribution >= 4 is 11.8 Å². The van der Waals surface area contributed by atoms with Crippen LogP contribution in [0.2, 0.25) is 0 Å². The van der Waals surface area contributed by atoms with Gasteiger partial charge in [-0.2, -0.15) is 0 Å². The van der Waals surface area contributed by atoms with Crippen LogP contribution in [0.5, 0.6) is 0 Å². The Balaban J connectivity index is 1.76. The van der Waals surface area contributed by atoms with E-state index in [1.165, 1.54) is 10.5 Å². The van der Waals surface area contributed by atoms with E-state index in [1.807, 2.05) is 24.3 Å². The number of benzene rings is 1. The molecule has 0 aromatic heterocycles. The Morgan fingerprint density at radius 2 is 1.52 bits per heavy atom. The lowest BCUT2D eigenvalue weighted by Crippen LogP contribution is -2.30. The average Bonchev–Trinajstić information content (AvgIpc) is 2.73. The Morgan fingerprint density at radius 1 is 1.00 bits per heavy atom. The van der Waals surface area contributed by atoms with E-state index in [-0.39, 0.29) is 23.7 Å². The Labute approximate surface area is 125 Å². The monoisotopic (exact) mass is 283 g/mol. The SMILES string of the molecule is CC(C)c1ccc(CN2C(=O)C3CC=CCC3C2=O)cc1. The molecule has 1 aliphatic carbocycles. The molecule has 1 heterocycles. The molecule has 3 nitrogen and oxygen atoms in total. The van der Waals surface area contributed by atoms with E-state index in [0.29, 0.717) is 25.3 Å². The van der Waals surface area contributed by atoms with E-state index in [2.05, 4.69) is 26.0 Å². The fraction of sp³-hybridized carbons (Fsp3) is 0.444. The van der Waals surface area contributed by atoms with Crippen molar-refractivity contribution in [1.82, 2.24) is 4.90 Å². The molecule has 3 heteroatoms. The van der Waals surface area contributed by atoms with Crippen molar-refractivity contribution in [3.05, 3.63) is 47.5 Å². The summed E-state index contributed by atoms with van der Waals surface area (Å²) in [4.78, 5) is 26.3. The van der Waals surface area contributed by atoms with Gasteiger partial charge < -0.3 is 0 Å². The second-order valence-electron chi connectivity index (χ2n) is 6.31. The van der Waals surface area contributed by atoms with Gasteiger partial charge in [-0.1, -0.05) is 50.3 Å². The van der Waals surface area contributed by atoms with Gasteiger partial charge in [0.15, 0.2) is 0 Å². The minimum atomic E-state index is -0.127. The van der Waals surface area contributed by atoms with Crippen LogP contribution in [0.1, 0.15) is 43.7 Å². The number of likely N-dealkylation sites (tertiary alicyclic amines) is 1. The quantitative estimate of drug-likeness (QED) is 0.630. The summed E-state index contributed by atoms with van der Waals surface area (Å²) in [6.07, 6.45) is 5.45. The maximum atomic E-state index is 12.4. The molecule has 0 radical (unpaired) electrons. The van der Waals surface area contributed by atoms with Crippen molar-refractivity contribution in [1.29, 1.82) is 0 Å². The molecular formula is C18H21NO2. The van der Waals surface area contributed by atoms with Crippen LogP contribution in [0, 0.1) is 11.8 Å². The molecule has 2 amide bonds. The molecule has 1 aromatic rings. The standard InChI is InChI=1S/C18H21NO2/c1-12(2)14-9-7-13(8-10-14)11-19-17(20)15-5-3-4-6-16(15)18(19)21/h3-4,7-10,12,15-16H,5-6,11H2,1-2H3. The summed E-state index contributed by atoms with van der Waals surface area (Å²) in [6.45, 7) is 4.71. The molecule has 1 fully saturated rings. The van der Waals surface area contributed by atoms with E-state index in [9.17, 15) is 9.59 Å². The summed E-state index contributed by atoms with van der Waals surface area (Å²) < 4.78 is 0. The lowest BCUT2D eigenvalue weighted by molar-refractivity contribution is -0.140. The summed E-state index contributed by atoms with van der Waals surface area (Å²) in [5, 5.41) is 0. The maximum absolute atomic E-state index is 12.4. The predicted octanol–water partition coefficient (Wildman–Crippen LogP) is 3.26. The lowest BCUT2D eigenvalue weighted by atomic mass is 9.85. The zero-order chi connectivity index (χ0) is 15.0. The summed E-state index contributed by atoms with van der Waals surface area (Å²) in [6, 6.07) is 8.21. The molecule has 2 unspecified atom stereocenters. The van der Waals surface area contributed by atoms with Gasteiger partial charge in [0.05, 0.1) is 18.4 Å². The molecule has 0 bridgehead atoms. The van der Waals surface area contributed by atoms with Crippen molar-refractivity contribution in [2.75, 3.05) is 0 Å². The first-order valence-electron chi connectivity index (χ1n) is 7.67. The highest BCUT2D eigenvalue weighted by Crippen LogP contribution is 2.35. The molecule has 0 N–H and O–H groups in total. The number of rotatable bonds is 3. The Morgan fingerprint density at radius 3 is 2.00 bits per heavy atom. The molecule has 1 aliphatic heterocycles. The van der Waals surface area contributed by atoms with E-state index in [4.69, 9.17) is 0 Å². The number of imide groups is 1. The molecule has 2 aliphatic rings. The van der Waals surface area contributed by atoms with Gasteiger partial charge in [0.2, 0.25) is 11.8 Å². The van der Waals surface area contributed by atoms with E-state index >= 15 is 0 Å². The number of fused-ring (bicyclic) bond motifs is 1. The first kappa shape index (κ1) is 14.1. The predicted molar refractivity (Wildman–Crippen MR) is 81.4 cm³/mol. The van der Waals surface area contributed by atoms with Crippen molar-refractivity contribution in [2.45, 2.75) is 39.2 Å². The van der Waals surface area contributed by atoms with Crippen LogP contribution in [0.3, 0.4) is 0 Å². The highest BCUT2D eigenvalue weighted by atomic mass is 16.2. The van der Waals surface area contributed by atoms with Gasteiger partial charge in [-0.3, -0.25) is 14.5 Å². The molecule has 21 heavy (non-hydrogen) atoms. The number of hydrogen-bond acceptors (Lipinski definition) is 2. The summed E-state index contributed by atoms with van der Waals surface area (Å²) in [5.41, 5.74) is 2.29.